The van der Waals surface area contributed by atoms with Crippen molar-refractivity contribution in [1.29, 1.82) is 0 Å². The molecule has 122 valence electrons. The molecule has 0 spiro atoms. The molecule has 0 aliphatic carbocycles. The molecule has 0 saturated heterocycles. The summed E-state index contributed by atoms with van der Waals surface area (Å²) < 4.78 is 4.90. The maximum Gasteiger partial charge on any atom is 0.348 e. The fourth-order valence-electron chi connectivity index (χ4n) is 3.41. The number of carbonyl (C=O) groups is 1. The Morgan fingerprint density at radius 2 is 2.12 bits per heavy atom. The van der Waals surface area contributed by atoms with Crippen molar-refractivity contribution in [3.05, 3.63) is 46.6 Å². The Hall–Kier alpha value is -2.47. The second-order valence-corrected chi connectivity index (χ2v) is 6.98. The number of methoxy groups -OCH3 is 1. The molecule has 1 unspecified atom stereocenters. The van der Waals surface area contributed by atoms with Crippen molar-refractivity contribution in [2.75, 3.05) is 12.0 Å². The Labute approximate surface area is 143 Å². The van der Waals surface area contributed by atoms with E-state index in [1.54, 1.807) is 6.33 Å². The van der Waals surface area contributed by atoms with Crippen LogP contribution in [0.25, 0.3) is 10.2 Å². The summed E-state index contributed by atoms with van der Waals surface area (Å²) in [6.07, 6.45) is 2.55. The van der Waals surface area contributed by atoms with Crippen molar-refractivity contribution >= 4 is 39.0 Å². The summed E-state index contributed by atoms with van der Waals surface area (Å²) in [5.74, 6) is 0.540. The van der Waals surface area contributed by atoms with Gasteiger partial charge < -0.3 is 9.64 Å². The van der Waals surface area contributed by atoms with Gasteiger partial charge in [0, 0.05) is 11.7 Å². The minimum absolute atomic E-state index is 0.307. The van der Waals surface area contributed by atoms with E-state index >= 15 is 0 Å². The van der Waals surface area contributed by atoms with E-state index in [9.17, 15) is 4.79 Å². The number of hydrogen-bond donors (Lipinski definition) is 0. The number of para-hydroxylation sites is 1. The number of hydrogen-bond acceptors (Lipinski definition) is 6. The van der Waals surface area contributed by atoms with Crippen LogP contribution in [0.2, 0.25) is 0 Å². The zero-order valence-electron chi connectivity index (χ0n) is 13.7. The van der Waals surface area contributed by atoms with Crippen LogP contribution in [-0.4, -0.2) is 29.1 Å². The highest BCUT2D eigenvalue weighted by molar-refractivity contribution is 7.20. The molecule has 24 heavy (non-hydrogen) atoms. The van der Waals surface area contributed by atoms with Crippen molar-refractivity contribution in [2.24, 2.45) is 0 Å². The van der Waals surface area contributed by atoms with Gasteiger partial charge in [-0.05, 0) is 37.5 Å². The molecule has 1 aliphatic heterocycles. The van der Waals surface area contributed by atoms with Crippen molar-refractivity contribution < 1.29 is 9.53 Å². The zero-order chi connectivity index (χ0) is 16.8. The fraction of sp³-hybridized carbons (Fsp3) is 0.278. The van der Waals surface area contributed by atoms with Crippen molar-refractivity contribution in [2.45, 2.75) is 26.3 Å². The number of aromatic nitrogens is 2. The molecular formula is C18H17N3O2S. The van der Waals surface area contributed by atoms with E-state index in [0.717, 1.165) is 28.0 Å². The molecule has 1 aromatic carbocycles. The van der Waals surface area contributed by atoms with Gasteiger partial charge in [-0.15, -0.1) is 11.3 Å². The van der Waals surface area contributed by atoms with Gasteiger partial charge in [0.2, 0.25) is 0 Å². The van der Waals surface area contributed by atoms with Gasteiger partial charge in [-0.2, -0.15) is 0 Å². The molecule has 1 atom stereocenters. The van der Waals surface area contributed by atoms with E-state index in [1.807, 2.05) is 13.0 Å². The first-order valence-electron chi connectivity index (χ1n) is 7.81. The number of carbonyl (C=O) groups excluding carboxylic acids is 1. The van der Waals surface area contributed by atoms with E-state index in [4.69, 9.17) is 4.74 Å². The number of anilines is 2. The lowest BCUT2D eigenvalue weighted by molar-refractivity contribution is 0.0605. The fourth-order valence-corrected chi connectivity index (χ4v) is 4.47. The number of thiophene rings is 1. The van der Waals surface area contributed by atoms with Gasteiger partial charge >= 0.3 is 5.97 Å². The van der Waals surface area contributed by atoms with Crippen LogP contribution in [0.4, 0.5) is 11.5 Å². The third kappa shape index (κ3) is 2.10. The summed E-state index contributed by atoms with van der Waals surface area (Å²) in [4.78, 5) is 24.6. The van der Waals surface area contributed by atoms with E-state index in [0.29, 0.717) is 10.9 Å². The summed E-state index contributed by atoms with van der Waals surface area (Å²) in [7, 11) is 1.40. The van der Waals surface area contributed by atoms with Crippen LogP contribution >= 0.6 is 11.3 Å². The van der Waals surface area contributed by atoms with Gasteiger partial charge in [-0.25, -0.2) is 14.8 Å². The van der Waals surface area contributed by atoms with Gasteiger partial charge in [0.25, 0.3) is 0 Å². The van der Waals surface area contributed by atoms with Crippen LogP contribution in [0.5, 0.6) is 0 Å². The van der Waals surface area contributed by atoms with Crippen LogP contribution in [0.15, 0.2) is 30.6 Å². The summed E-state index contributed by atoms with van der Waals surface area (Å²) in [5, 5.41) is 0.937. The number of aryl methyl sites for hydroxylation is 1. The number of nitrogens with zero attached hydrogens (tertiary/aromatic N) is 3. The maximum absolute atomic E-state index is 12.0. The van der Waals surface area contributed by atoms with Crippen LogP contribution in [0.1, 0.15) is 27.7 Å². The third-order valence-corrected chi connectivity index (χ3v) is 5.69. The van der Waals surface area contributed by atoms with Gasteiger partial charge in [0.15, 0.2) is 0 Å². The Bertz CT molecular complexity index is 951. The topological polar surface area (TPSA) is 55.3 Å². The third-order valence-electron chi connectivity index (χ3n) is 4.51. The molecule has 0 saturated carbocycles. The van der Waals surface area contributed by atoms with E-state index in [2.05, 4.69) is 40.0 Å². The van der Waals surface area contributed by atoms with Crippen molar-refractivity contribution in [3.8, 4) is 0 Å². The van der Waals surface area contributed by atoms with Crippen LogP contribution < -0.4 is 4.90 Å². The average Bonchev–Trinajstić information content (AvgIpc) is 3.11. The lowest BCUT2D eigenvalue weighted by atomic mass is 10.1. The van der Waals surface area contributed by atoms with Gasteiger partial charge in [-0.3, -0.25) is 0 Å². The molecule has 4 rings (SSSR count). The van der Waals surface area contributed by atoms with Crippen LogP contribution in [0.3, 0.4) is 0 Å². The number of benzene rings is 1. The molecule has 2 aromatic heterocycles. The first kappa shape index (κ1) is 15.1. The highest BCUT2D eigenvalue weighted by Crippen LogP contribution is 2.42. The summed E-state index contributed by atoms with van der Waals surface area (Å²) in [6, 6.07) is 8.69. The minimum atomic E-state index is -0.323. The van der Waals surface area contributed by atoms with Crippen LogP contribution in [-0.2, 0) is 11.2 Å². The smallest absolute Gasteiger partial charge is 0.348 e. The Morgan fingerprint density at radius 1 is 1.33 bits per heavy atom. The Balaban J connectivity index is 1.95. The molecule has 0 N–H and O–H groups in total. The van der Waals surface area contributed by atoms with Gasteiger partial charge in [-0.1, -0.05) is 18.2 Å². The van der Waals surface area contributed by atoms with E-state index < -0.39 is 0 Å². The quantitative estimate of drug-likeness (QED) is 0.663. The minimum Gasteiger partial charge on any atom is -0.465 e. The summed E-state index contributed by atoms with van der Waals surface area (Å²) in [6.45, 7) is 4.13. The standard InChI is InChI=1S/C18H17N3O2S/c1-10-8-12-6-4-5-7-13(12)21(10)16-14-11(2)15(18(22)23-3)24-17(14)20-9-19-16/h4-7,9-10H,8H2,1-3H3. The van der Waals surface area contributed by atoms with Crippen molar-refractivity contribution in [3.63, 3.8) is 0 Å². The number of esters is 1. The first-order valence-corrected chi connectivity index (χ1v) is 8.63. The SMILES string of the molecule is COC(=O)c1sc2ncnc(N3c4ccccc4CC3C)c2c1C. The van der Waals surface area contributed by atoms with Crippen LogP contribution in [0, 0.1) is 6.92 Å². The molecule has 0 fully saturated rings. The highest BCUT2D eigenvalue weighted by atomic mass is 32.1. The average molecular weight is 339 g/mol. The summed E-state index contributed by atoms with van der Waals surface area (Å²) >= 11 is 1.36. The first-order chi connectivity index (χ1) is 11.6. The second kappa shape index (κ2) is 5.56. The predicted octanol–water partition coefficient (Wildman–Crippen LogP) is 3.87. The number of rotatable bonds is 2. The molecule has 5 nitrogen and oxygen atoms in total. The second-order valence-electron chi connectivity index (χ2n) is 5.98. The summed E-state index contributed by atoms with van der Waals surface area (Å²) in [5.41, 5.74) is 3.38. The molecule has 0 radical (unpaired) electrons. The molecule has 0 bridgehead atoms. The lowest BCUT2D eigenvalue weighted by Gasteiger charge is -2.24. The normalized spacial score (nSPS) is 16.5. The Morgan fingerprint density at radius 3 is 2.92 bits per heavy atom. The van der Waals surface area contributed by atoms with Crippen molar-refractivity contribution in [1.82, 2.24) is 9.97 Å². The lowest BCUT2D eigenvalue weighted by Crippen LogP contribution is -2.25. The zero-order valence-corrected chi connectivity index (χ0v) is 14.6. The Kier molecular flexibility index (Phi) is 3.49. The van der Waals surface area contributed by atoms with E-state index in [-0.39, 0.29) is 5.97 Å². The van der Waals surface area contributed by atoms with Gasteiger partial charge in [0.1, 0.15) is 21.9 Å². The highest BCUT2D eigenvalue weighted by Gasteiger charge is 2.31. The molecule has 3 aromatic rings. The molecule has 1 aliphatic rings. The maximum atomic E-state index is 12.0. The molecule has 0 amide bonds. The van der Waals surface area contributed by atoms with Gasteiger partial charge in [0.05, 0.1) is 12.5 Å². The number of fused-ring (bicyclic) bond motifs is 2. The predicted molar refractivity (Wildman–Crippen MR) is 95.2 cm³/mol. The largest absolute Gasteiger partial charge is 0.465 e. The molecule has 6 heteroatoms. The molecule has 3 heterocycles. The van der Waals surface area contributed by atoms with E-state index in [1.165, 1.54) is 29.7 Å². The molecular weight excluding hydrogens is 322 g/mol. The number of ether oxygens (including phenoxy) is 1. The monoisotopic (exact) mass is 339 g/mol.